The number of ether oxygens (including phenoxy) is 1. The molecule has 0 amide bonds. The fourth-order valence-corrected chi connectivity index (χ4v) is 2.24. The van der Waals surface area contributed by atoms with Gasteiger partial charge in [-0.15, -0.1) is 11.3 Å². The summed E-state index contributed by atoms with van der Waals surface area (Å²) in [4.78, 5) is 5.56. The molecule has 2 aromatic rings. The van der Waals surface area contributed by atoms with Crippen LogP contribution in [0.2, 0.25) is 0 Å². The topological polar surface area (TPSA) is 38.6 Å². The smallest absolute Gasteiger partial charge is 0.193 e. The molecule has 1 N–H and O–H groups in total. The summed E-state index contributed by atoms with van der Waals surface area (Å²) in [6.07, 6.45) is 5.16. The lowest BCUT2D eigenvalue weighted by Gasteiger charge is -2.02. The summed E-state index contributed by atoms with van der Waals surface area (Å²) in [7, 11) is 0. The number of hydrogen-bond acceptors (Lipinski definition) is 4. The summed E-state index contributed by atoms with van der Waals surface area (Å²) in [6, 6.07) is 0. The van der Waals surface area contributed by atoms with Crippen LogP contribution in [0.5, 0.6) is 0 Å². The maximum atomic E-state index is 5.26. The van der Waals surface area contributed by atoms with Crippen LogP contribution in [-0.4, -0.2) is 29.1 Å². The third-order valence-corrected chi connectivity index (χ3v) is 3.07. The van der Waals surface area contributed by atoms with E-state index in [2.05, 4.69) is 20.9 Å². The van der Waals surface area contributed by atoms with E-state index in [1.807, 2.05) is 18.5 Å². The fourth-order valence-electron chi connectivity index (χ4n) is 1.52. The van der Waals surface area contributed by atoms with Crippen molar-refractivity contribution in [2.45, 2.75) is 19.9 Å². The van der Waals surface area contributed by atoms with Crippen LogP contribution >= 0.6 is 11.3 Å². The Morgan fingerprint density at radius 2 is 2.50 bits per heavy atom. The highest BCUT2D eigenvalue weighted by atomic mass is 32.1. The molecule has 0 spiro atoms. The largest absolute Gasteiger partial charge is 0.382 e. The van der Waals surface area contributed by atoms with Crippen molar-refractivity contribution in [1.82, 2.24) is 14.7 Å². The average Bonchev–Trinajstić information content (AvgIpc) is 2.83. The number of imidazole rings is 1. The zero-order valence-corrected chi connectivity index (χ0v) is 10.3. The highest BCUT2D eigenvalue weighted by molar-refractivity contribution is 7.15. The van der Waals surface area contributed by atoms with Gasteiger partial charge in [0.25, 0.3) is 0 Å². The van der Waals surface area contributed by atoms with Crippen LogP contribution in [0, 0.1) is 0 Å². The van der Waals surface area contributed by atoms with Crippen molar-refractivity contribution >= 4 is 16.3 Å². The fraction of sp³-hybridized carbons (Fsp3) is 0.545. The van der Waals surface area contributed by atoms with Crippen molar-refractivity contribution < 1.29 is 4.74 Å². The number of thiazole rings is 1. The Balaban J connectivity index is 1.68. The van der Waals surface area contributed by atoms with E-state index in [-0.39, 0.29) is 0 Å². The van der Waals surface area contributed by atoms with E-state index in [1.54, 1.807) is 11.3 Å². The van der Waals surface area contributed by atoms with E-state index < -0.39 is 0 Å². The normalized spacial score (nSPS) is 11.3. The van der Waals surface area contributed by atoms with Gasteiger partial charge in [0, 0.05) is 37.5 Å². The monoisotopic (exact) mass is 239 g/mol. The van der Waals surface area contributed by atoms with Crippen LogP contribution < -0.4 is 5.32 Å². The molecule has 0 saturated carbocycles. The molecular weight excluding hydrogens is 222 g/mol. The Morgan fingerprint density at radius 1 is 1.56 bits per heavy atom. The van der Waals surface area contributed by atoms with E-state index in [1.165, 1.54) is 0 Å². The maximum Gasteiger partial charge on any atom is 0.193 e. The van der Waals surface area contributed by atoms with Gasteiger partial charge in [0.15, 0.2) is 4.96 Å². The van der Waals surface area contributed by atoms with Gasteiger partial charge in [-0.1, -0.05) is 0 Å². The molecule has 88 valence electrons. The summed E-state index contributed by atoms with van der Waals surface area (Å²) < 4.78 is 7.32. The summed E-state index contributed by atoms with van der Waals surface area (Å²) in [5.41, 5.74) is 1.10. The molecule has 0 atom stereocenters. The van der Waals surface area contributed by atoms with Gasteiger partial charge >= 0.3 is 0 Å². The highest BCUT2D eigenvalue weighted by Gasteiger charge is 2.01. The Bertz CT molecular complexity index is 395. The number of aromatic nitrogens is 2. The molecule has 0 saturated heterocycles. The Kier molecular flexibility index (Phi) is 4.33. The molecule has 16 heavy (non-hydrogen) atoms. The third kappa shape index (κ3) is 3.04. The van der Waals surface area contributed by atoms with Crippen molar-refractivity contribution in [3.8, 4) is 0 Å². The second-order valence-corrected chi connectivity index (χ2v) is 4.43. The van der Waals surface area contributed by atoms with Gasteiger partial charge in [-0.2, -0.15) is 0 Å². The first-order valence-electron chi connectivity index (χ1n) is 5.59. The first-order valence-corrected chi connectivity index (χ1v) is 6.47. The van der Waals surface area contributed by atoms with Crippen molar-refractivity contribution in [2.24, 2.45) is 0 Å². The van der Waals surface area contributed by atoms with Crippen LogP contribution in [0.25, 0.3) is 4.96 Å². The molecule has 5 heteroatoms. The lowest BCUT2D eigenvalue weighted by molar-refractivity contribution is 0.144. The molecule has 0 radical (unpaired) electrons. The van der Waals surface area contributed by atoms with Crippen LogP contribution in [0.3, 0.4) is 0 Å². The minimum atomic E-state index is 0.803. The summed E-state index contributed by atoms with van der Waals surface area (Å²) in [5.74, 6) is 0. The van der Waals surface area contributed by atoms with Crippen LogP contribution in [-0.2, 0) is 11.3 Å². The van der Waals surface area contributed by atoms with E-state index in [0.717, 1.165) is 43.4 Å². The summed E-state index contributed by atoms with van der Waals surface area (Å²) >= 11 is 1.66. The molecule has 0 aliphatic carbocycles. The van der Waals surface area contributed by atoms with Crippen LogP contribution in [0.4, 0.5) is 0 Å². The molecule has 0 aromatic carbocycles. The average molecular weight is 239 g/mol. The van der Waals surface area contributed by atoms with E-state index >= 15 is 0 Å². The summed E-state index contributed by atoms with van der Waals surface area (Å²) in [6.45, 7) is 5.47. The third-order valence-electron chi connectivity index (χ3n) is 2.30. The SMILES string of the molecule is CCOCCCNCc1cn2ccsc2n1. The summed E-state index contributed by atoms with van der Waals surface area (Å²) in [5, 5.41) is 5.40. The van der Waals surface area contributed by atoms with Gasteiger partial charge in [0.1, 0.15) is 0 Å². The zero-order valence-electron chi connectivity index (χ0n) is 9.48. The Hall–Kier alpha value is -0.910. The van der Waals surface area contributed by atoms with Crippen molar-refractivity contribution in [2.75, 3.05) is 19.8 Å². The van der Waals surface area contributed by atoms with E-state index in [4.69, 9.17) is 4.74 Å². The first-order chi connectivity index (χ1) is 7.90. The van der Waals surface area contributed by atoms with Gasteiger partial charge in [0.05, 0.1) is 5.69 Å². The highest BCUT2D eigenvalue weighted by Crippen LogP contribution is 2.10. The van der Waals surface area contributed by atoms with Gasteiger partial charge in [-0.3, -0.25) is 4.40 Å². The number of nitrogens with one attached hydrogen (secondary N) is 1. The standard InChI is InChI=1S/C11H17N3OS/c1-2-15-6-3-4-12-8-10-9-14-5-7-16-11(14)13-10/h5,7,9,12H,2-4,6,8H2,1H3. The van der Waals surface area contributed by atoms with Crippen molar-refractivity contribution in [3.05, 3.63) is 23.5 Å². The van der Waals surface area contributed by atoms with Gasteiger partial charge in [0.2, 0.25) is 0 Å². The Morgan fingerprint density at radius 3 is 3.31 bits per heavy atom. The number of fused-ring (bicyclic) bond motifs is 1. The molecule has 0 aliphatic rings. The van der Waals surface area contributed by atoms with Crippen LogP contribution in [0.1, 0.15) is 19.0 Å². The molecule has 4 nitrogen and oxygen atoms in total. The second-order valence-electron chi connectivity index (χ2n) is 3.55. The molecule has 2 heterocycles. The Labute approximate surface area is 99.3 Å². The maximum absolute atomic E-state index is 5.26. The molecular formula is C11H17N3OS. The first kappa shape index (κ1) is 11.6. The molecule has 0 fully saturated rings. The molecule has 2 aromatic heterocycles. The molecule has 0 bridgehead atoms. The predicted octanol–water partition coefficient (Wildman–Crippen LogP) is 1.91. The van der Waals surface area contributed by atoms with Gasteiger partial charge in [-0.05, 0) is 19.9 Å². The van der Waals surface area contributed by atoms with Crippen molar-refractivity contribution in [1.29, 1.82) is 0 Å². The lowest BCUT2D eigenvalue weighted by atomic mass is 10.4. The van der Waals surface area contributed by atoms with Gasteiger partial charge in [-0.25, -0.2) is 4.98 Å². The number of hydrogen-bond donors (Lipinski definition) is 1. The zero-order chi connectivity index (χ0) is 11.2. The molecule has 2 rings (SSSR count). The lowest BCUT2D eigenvalue weighted by Crippen LogP contribution is -2.16. The molecule has 0 aliphatic heterocycles. The minimum absolute atomic E-state index is 0.803. The number of nitrogens with zero attached hydrogens (tertiary/aromatic N) is 2. The minimum Gasteiger partial charge on any atom is -0.382 e. The number of rotatable bonds is 7. The van der Waals surface area contributed by atoms with Crippen LogP contribution in [0.15, 0.2) is 17.8 Å². The van der Waals surface area contributed by atoms with Crippen molar-refractivity contribution in [3.63, 3.8) is 0 Å². The van der Waals surface area contributed by atoms with E-state index in [0.29, 0.717) is 0 Å². The molecule has 0 unspecified atom stereocenters. The quantitative estimate of drug-likeness (QED) is 0.750. The van der Waals surface area contributed by atoms with E-state index in [9.17, 15) is 0 Å². The predicted molar refractivity (Wildman–Crippen MR) is 65.9 cm³/mol. The van der Waals surface area contributed by atoms with Gasteiger partial charge < -0.3 is 10.1 Å². The second kappa shape index (κ2) is 5.98.